The summed E-state index contributed by atoms with van der Waals surface area (Å²) in [6.45, 7) is 9.07. The molecule has 0 amide bonds. The first-order valence-electron chi connectivity index (χ1n) is 4.55. The highest BCUT2D eigenvalue weighted by Crippen LogP contribution is 2.16. The summed E-state index contributed by atoms with van der Waals surface area (Å²) in [6.07, 6.45) is 0. The molecule has 1 N–H and O–H groups in total. The molecule has 0 aromatic rings. The number of hydrogen-bond acceptors (Lipinski definition) is 3. The molecule has 0 atom stereocenters. The minimum Gasteiger partial charge on any atom is -0.396 e. The summed E-state index contributed by atoms with van der Waals surface area (Å²) in [5, 5.41) is 9.07. The monoisotopic (exact) mass is 173 g/mol. The van der Waals surface area contributed by atoms with Crippen LogP contribution in [0.3, 0.4) is 0 Å². The standard InChI is InChI=1S/C9H19NO2/c1-9(2,8-11)7-10-3-5-12-6-4-10/h11H,3-8H2,1-2H3. The van der Waals surface area contributed by atoms with Gasteiger partial charge in [0.15, 0.2) is 0 Å². The van der Waals surface area contributed by atoms with E-state index in [9.17, 15) is 0 Å². The Hall–Kier alpha value is -0.120. The zero-order valence-corrected chi connectivity index (χ0v) is 8.05. The van der Waals surface area contributed by atoms with Crippen LogP contribution in [-0.2, 0) is 4.74 Å². The quantitative estimate of drug-likeness (QED) is 0.668. The number of ether oxygens (including phenoxy) is 1. The van der Waals surface area contributed by atoms with Crippen LogP contribution >= 0.6 is 0 Å². The highest BCUT2D eigenvalue weighted by atomic mass is 16.5. The van der Waals surface area contributed by atoms with Gasteiger partial charge >= 0.3 is 0 Å². The summed E-state index contributed by atoms with van der Waals surface area (Å²) in [7, 11) is 0. The van der Waals surface area contributed by atoms with Gasteiger partial charge in [-0.15, -0.1) is 0 Å². The van der Waals surface area contributed by atoms with Crippen molar-refractivity contribution >= 4 is 0 Å². The zero-order chi connectivity index (χ0) is 9.03. The molecule has 72 valence electrons. The summed E-state index contributed by atoms with van der Waals surface area (Å²) in [5.74, 6) is 0. The Morgan fingerprint density at radius 1 is 1.33 bits per heavy atom. The molecule has 0 bridgehead atoms. The molecule has 0 aromatic carbocycles. The molecule has 12 heavy (non-hydrogen) atoms. The van der Waals surface area contributed by atoms with Crippen LogP contribution in [0.4, 0.5) is 0 Å². The van der Waals surface area contributed by atoms with E-state index in [0.717, 1.165) is 32.8 Å². The second-order valence-corrected chi connectivity index (χ2v) is 4.21. The lowest BCUT2D eigenvalue weighted by Crippen LogP contribution is -2.43. The molecule has 0 unspecified atom stereocenters. The average molecular weight is 173 g/mol. The van der Waals surface area contributed by atoms with E-state index in [4.69, 9.17) is 9.84 Å². The summed E-state index contributed by atoms with van der Waals surface area (Å²) in [6, 6.07) is 0. The molecule has 0 spiro atoms. The highest BCUT2D eigenvalue weighted by Gasteiger charge is 2.21. The molecule has 0 aromatic heterocycles. The van der Waals surface area contributed by atoms with Crippen molar-refractivity contribution in [3.05, 3.63) is 0 Å². The second-order valence-electron chi connectivity index (χ2n) is 4.21. The third-order valence-electron chi connectivity index (χ3n) is 2.18. The van der Waals surface area contributed by atoms with Gasteiger partial charge in [-0.05, 0) is 0 Å². The van der Waals surface area contributed by atoms with Crippen LogP contribution in [0.25, 0.3) is 0 Å². The minimum absolute atomic E-state index is 0.0251. The van der Waals surface area contributed by atoms with Crippen LogP contribution in [-0.4, -0.2) is 49.5 Å². The van der Waals surface area contributed by atoms with Crippen molar-refractivity contribution in [2.45, 2.75) is 13.8 Å². The molecule has 1 rings (SSSR count). The van der Waals surface area contributed by atoms with Crippen molar-refractivity contribution in [2.75, 3.05) is 39.5 Å². The van der Waals surface area contributed by atoms with Crippen molar-refractivity contribution < 1.29 is 9.84 Å². The SMILES string of the molecule is CC(C)(CO)CN1CCOCC1. The Kier molecular flexibility index (Phi) is 3.50. The zero-order valence-electron chi connectivity index (χ0n) is 8.05. The van der Waals surface area contributed by atoms with Crippen molar-refractivity contribution in [1.29, 1.82) is 0 Å². The third kappa shape index (κ3) is 3.09. The number of morpholine rings is 1. The van der Waals surface area contributed by atoms with Gasteiger partial charge in [-0.2, -0.15) is 0 Å². The summed E-state index contributed by atoms with van der Waals surface area (Å²) in [5.41, 5.74) is 0.0251. The predicted molar refractivity (Wildman–Crippen MR) is 48.1 cm³/mol. The minimum atomic E-state index is 0.0251. The van der Waals surface area contributed by atoms with Crippen molar-refractivity contribution in [3.8, 4) is 0 Å². The molecule has 0 aliphatic carbocycles. The summed E-state index contributed by atoms with van der Waals surface area (Å²) < 4.78 is 5.24. The molecule has 1 saturated heterocycles. The van der Waals surface area contributed by atoms with E-state index in [2.05, 4.69) is 18.7 Å². The fraction of sp³-hybridized carbons (Fsp3) is 1.00. The van der Waals surface area contributed by atoms with Crippen molar-refractivity contribution in [1.82, 2.24) is 4.90 Å². The Morgan fingerprint density at radius 3 is 2.42 bits per heavy atom. The van der Waals surface area contributed by atoms with Crippen molar-refractivity contribution in [2.24, 2.45) is 5.41 Å². The van der Waals surface area contributed by atoms with Crippen LogP contribution in [0.5, 0.6) is 0 Å². The predicted octanol–water partition coefficient (Wildman–Crippen LogP) is 0.337. The lowest BCUT2D eigenvalue weighted by molar-refractivity contribution is 0.0109. The molecular weight excluding hydrogens is 154 g/mol. The lowest BCUT2D eigenvalue weighted by atomic mass is 9.94. The number of aliphatic hydroxyl groups is 1. The fourth-order valence-corrected chi connectivity index (χ4v) is 1.41. The Bertz CT molecular complexity index is 130. The van der Waals surface area contributed by atoms with Crippen LogP contribution in [0, 0.1) is 5.41 Å². The Balaban J connectivity index is 2.28. The molecule has 3 heteroatoms. The maximum atomic E-state index is 9.07. The van der Waals surface area contributed by atoms with E-state index >= 15 is 0 Å². The first kappa shape index (κ1) is 9.96. The van der Waals surface area contributed by atoms with Gasteiger partial charge in [0.25, 0.3) is 0 Å². The van der Waals surface area contributed by atoms with Crippen LogP contribution < -0.4 is 0 Å². The molecule has 1 aliphatic rings. The fourth-order valence-electron chi connectivity index (χ4n) is 1.41. The van der Waals surface area contributed by atoms with E-state index in [1.165, 1.54) is 0 Å². The lowest BCUT2D eigenvalue weighted by Gasteiger charge is -2.33. The maximum Gasteiger partial charge on any atom is 0.0594 e. The van der Waals surface area contributed by atoms with E-state index in [1.54, 1.807) is 0 Å². The second kappa shape index (κ2) is 4.21. The smallest absolute Gasteiger partial charge is 0.0594 e. The Morgan fingerprint density at radius 2 is 1.92 bits per heavy atom. The normalized spacial score (nSPS) is 21.2. The third-order valence-corrected chi connectivity index (χ3v) is 2.18. The number of hydrogen-bond donors (Lipinski definition) is 1. The molecule has 1 heterocycles. The van der Waals surface area contributed by atoms with Gasteiger partial charge < -0.3 is 9.84 Å². The van der Waals surface area contributed by atoms with E-state index < -0.39 is 0 Å². The number of rotatable bonds is 3. The Labute approximate surface area is 74.3 Å². The van der Waals surface area contributed by atoms with Gasteiger partial charge in [0.1, 0.15) is 0 Å². The number of nitrogens with zero attached hydrogens (tertiary/aromatic N) is 1. The van der Waals surface area contributed by atoms with Gasteiger partial charge in [0.2, 0.25) is 0 Å². The maximum absolute atomic E-state index is 9.07. The first-order chi connectivity index (χ1) is 5.64. The summed E-state index contributed by atoms with van der Waals surface area (Å²) >= 11 is 0. The van der Waals surface area contributed by atoms with Gasteiger partial charge in [0.05, 0.1) is 13.2 Å². The van der Waals surface area contributed by atoms with E-state index in [1.807, 2.05) is 0 Å². The topological polar surface area (TPSA) is 32.7 Å². The highest BCUT2D eigenvalue weighted by molar-refractivity contribution is 4.74. The molecule has 0 saturated carbocycles. The molecule has 3 nitrogen and oxygen atoms in total. The van der Waals surface area contributed by atoms with Gasteiger partial charge in [0, 0.05) is 31.7 Å². The largest absolute Gasteiger partial charge is 0.396 e. The first-order valence-corrected chi connectivity index (χ1v) is 4.55. The average Bonchev–Trinajstić information content (AvgIpc) is 2.06. The van der Waals surface area contributed by atoms with Crippen molar-refractivity contribution in [3.63, 3.8) is 0 Å². The summed E-state index contributed by atoms with van der Waals surface area (Å²) in [4.78, 5) is 2.35. The van der Waals surface area contributed by atoms with E-state index in [-0.39, 0.29) is 12.0 Å². The van der Waals surface area contributed by atoms with E-state index in [0.29, 0.717) is 0 Å². The molecule has 1 aliphatic heterocycles. The van der Waals surface area contributed by atoms with Gasteiger partial charge in [-0.25, -0.2) is 0 Å². The molecule has 0 radical (unpaired) electrons. The number of aliphatic hydroxyl groups excluding tert-OH is 1. The molecule has 1 fully saturated rings. The van der Waals surface area contributed by atoms with Crippen LogP contribution in [0.2, 0.25) is 0 Å². The van der Waals surface area contributed by atoms with Crippen LogP contribution in [0.15, 0.2) is 0 Å². The molecular formula is C9H19NO2. The van der Waals surface area contributed by atoms with Crippen LogP contribution in [0.1, 0.15) is 13.8 Å². The van der Waals surface area contributed by atoms with Gasteiger partial charge in [-0.1, -0.05) is 13.8 Å². The van der Waals surface area contributed by atoms with Gasteiger partial charge in [-0.3, -0.25) is 4.90 Å².